The Morgan fingerprint density at radius 2 is 2.25 bits per heavy atom. The summed E-state index contributed by atoms with van der Waals surface area (Å²) in [7, 11) is 0. The SMILES string of the molecule is CCCCNC(=O)COc1ccc([N+](=O)[O-])cc1C=O. The van der Waals surface area contributed by atoms with E-state index in [1.807, 2.05) is 6.92 Å². The number of benzene rings is 1. The van der Waals surface area contributed by atoms with E-state index in [0.717, 1.165) is 18.9 Å². The summed E-state index contributed by atoms with van der Waals surface area (Å²) in [6.07, 6.45) is 2.30. The zero-order valence-corrected chi connectivity index (χ0v) is 11.1. The third kappa shape index (κ3) is 4.68. The number of nitrogens with zero attached hydrogens (tertiary/aromatic N) is 1. The molecule has 0 saturated heterocycles. The average molecular weight is 280 g/mol. The smallest absolute Gasteiger partial charge is 0.270 e. The highest BCUT2D eigenvalue weighted by molar-refractivity contribution is 5.81. The van der Waals surface area contributed by atoms with Crippen molar-refractivity contribution in [2.24, 2.45) is 0 Å². The molecule has 0 atom stereocenters. The second-order valence-electron chi connectivity index (χ2n) is 4.09. The van der Waals surface area contributed by atoms with Crippen molar-refractivity contribution < 1.29 is 19.2 Å². The number of carbonyl (C=O) groups excluding carboxylic acids is 2. The molecule has 7 heteroatoms. The van der Waals surface area contributed by atoms with E-state index in [1.54, 1.807) is 0 Å². The second kappa shape index (κ2) is 7.88. The van der Waals surface area contributed by atoms with Gasteiger partial charge in [-0.2, -0.15) is 0 Å². The molecule has 0 unspecified atom stereocenters. The van der Waals surface area contributed by atoms with E-state index in [-0.39, 0.29) is 29.5 Å². The van der Waals surface area contributed by atoms with Crippen LogP contribution in [0.3, 0.4) is 0 Å². The molecule has 0 aliphatic carbocycles. The van der Waals surface area contributed by atoms with Crippen LogP contribution in [0.2, 0.25) is 0 Å². The molecule has 0 bridgehead atoms. The van der Waals surface area contributed by atoms with E-state index in [2.05, 4.69) is 5.32 Å². The largest absolute Gasteiger partial charge is 0.483 e. The normalized spacial score (nSPS) is 9.85. The first-order chi connectivity index (χ1) is 9.58. The number of non-ortho nitro benzene ring substituents is 1. The molecule has 1 aromatic carbocycles. The highest BCUT2D eigenvalue weighted by Gasteiger charge is 2.12. The van der Waals surface area contributed by atoms with Gasteiger partial charge in [-0.25, -0.2) is 0 Å². The molecule has 0 aliphatic heterocycles. The number of amides is 1. The van der Waals surface area contributed by atoms with E-state index in [0.29, 0.717) is 12.8 Å². The van der Waals surface area contributed by atoms with E-state index in [9.17, 15) is 19.7 Å². The lowest BCUT2D eigenvalue weighted by Gasteiger charge is -2.08. The lowest BCUT2D eigenvalue weighted by molar-refractivity contribution is -0.384. The van der Waals surface area contributed by atoms with Crippen LogP contribution in [-0.2, 0) is 4.79 Å². The highest BCUT2D eigenvalue weighted by Crippen LogP contribution is 2.22. The number of ether oxygens (including phenoxy) is 1. The molecule has 1 N–H and O–H groups in total. The molecule has 0 heterocycles. The lowest BCUT2D eigenvalue weighted by atomic mass is 10.2. The summed E-state index contributed by atoms with van der Waals surface area (Å²) in [5.41, 5.74) is -0.160. The van der Waals surface area contributed by atoms with Gasteiger partial charge in [0.15, 0.2) is 12.9 Å². The summed E-state index contributed by atoms with van der Waals surface area (Å²) in [4.78, 5) is 32.3. The van der Waals surface area contributed by atoms with Gasteiger partial charge in [0, 0.05) is 18.7 Å². The zero-order chi connectivity index (χ0) is 15.0. The number of nitro benzene ring substituents is 1. The first-order valence-corrected chi connectivity index (χ1v) is 6.21. The van der Waals surface area contributed by atoms with Crippen LogP contribution in [0.25, 0.3) is 0 Å². The van der Waals surface area contributed by atoms with Crippen LogP contribution in [-0.4, -0.2) is 30.3 Å². The fourth-order valence-electron chi connectivity index (χ4n) is 1.47. The van der Waals surface area contributed by atoms with Crippen molar-refractivity contribution in [1.82, 2.24) is 5.32 Å². The van der Waals surface area contributed by atoms with Crippen LogP contribution in [0, 0.1) is 10.1 Å². The van der Waals surface area contributed by atoms with Gasteiger partial charge in [-0.15, -0.1) is 0 Å². The van der Waals surface area contributed by atoms with Gasteiger partial charge < -0.3 is 10.1 Å². The number of hydrogen-bond acceptors (Lipinski definition) is 5. The fraction of sp³-hybridized carbons (Fsp3) is 0.385. The maximum absolute atomic E-state index is 11.4. The molecule has 0 saturated carbocycles. The molecule has 1 amide bonds. The van der Waals surface area contributed by atoms with Gasteiger partial charge in [0.2, 0.25) is 0 Å². The van der Waals surface area contributed by atoms with Gasteiger partial charge >= 0.3 is 0 Å². The lowest BCUT2D eigenvalue weighted by Crippen LogP contribution is -2.29. The van der Waals surface area contributed by atoms with Crippen LogP contribution in [0.5, 0.6) is 5.75 Å². The molecule has 0 aromatic heterocycles. The summed E-state index contributed by atoms with van der Waals surface area (Å²) >= 11 is 0. The van der Waals surface area contributed by atoms with E-state index in [4.69, 9.17) is 4.74 Å². The van der Waals surface area contributed by atoms with Crippen molar-refractivity contribution in [3.8, 4) is 5.75 Å². The van der Waals surface area contributed by atoms with Gasteiger partial charge in [0.1, 0.15) is 5.75 Å². The number of rotatable bonds is 8. The van der Waals surface area contributed by atoms with Gasteiger partial charge in [-0.1, -0.05) is 13.3 Å². The molecule has 0 fully saturated rings. The van der Waals surface area contributed by atoms with Crippen molar-refractivity contribution >= 4 is 17.9 Å². The molecule has 1 aromatic rings. The maximum atomic E-state index is 11.4. The zero-order valence-electron chi connectivity index (χ0n) is 11.1. The van der Waals surface area contributed by atoms with E-state index < -0.39 is 4.92 Å². The Labute approximate surface area is 116 Å². The van der Waals surface area contributed by atoms with Crippen LogP contribution in [0.4, 0.5) is 5.69 Å². The molecule has 0 radical (unpaired) electrons. The number of nitrogens with one attached hydrogen (secondary N) is 1. The Hall–Kier alpha value is -2.44. The fourth-order valence-corrected chi connectivity index (χ4v) is 1.47. The summed E-state index contributed by atoms with van der Waals surface area (Å²) in [5.74, 6) is -0.148. The van der Waals surface area contributed by atoms with E-state index in [1.165, 1.54) is 12.1 Å². The van der Waals surface area contributed by atoms with Gasteiger partial charge in [0.25, 0.3) is 11.6 Å². The number of unbranched alkanes of at least 4 members (excludes halogenated alkanes) is 1. The first kappa shape index (κ1) is 15.6. The molecule has 0 spiro atoms. The quantitative estimate of drug-likeness (QED) is 0.338. The van der Waals surface area contributed by atoms with Crippen molar-refractivity contribution in [3.63, 3.8) is 0 Å². The topological polar surface area (TPSA) is 98.5 Å². The molecule has 0 aliphatic rings. The number of nitro groups is 1. The maximum Gasteiger partial charge on any atom is 0.270 e. The van der Waals surface area contributed by atoms with Crippen molar-refractivity contribution in [2.45, 2.75) is 19.8 Å². The highest BCUT2D eigenvalue weighted by atomic mass is 16.6. The van der Waals surface area contributed by atoms with Crippen LogP contribution < -0.4 is 10.1 Å². The Bertz CT molecular complexity index is 502. The summed E-state index contributed by atoms with van der Waals surface area (Å²) in [6.45, 7) is 2.34. The minimum Gasteiger partial charge on any atom is -0.483 e. The average Bonchev–Trinajstić information content (AvgIpc) is 2.45. The monoisotopic (exact) mass is 280 g/mol. The molecule has 20 heavy (non-hydrogen) atoms. The van der Waals surface area contributed by atoms with Crippen molar-refractivity contribution in [3.05, 3.63) is 33.9 Å². The van der Waals surface area contributed by atoms with Gasteiger partial charge in [0.05, 0.1) is 10.5 Å². The predicted molar refractivity (Wildman–Crippen MR) is 71.9 cm³/mol. The number of carbonyl (C=O) groups is 2. The third-order valence-electron chi connectivity index (χ3n) is 2.54. The van der Waals surface area contributed by atoms with Crippen molar-refractivity contribution in [1.29, 1.82) is 0 Å². The van der Waals surface area contributed by atoms with E-state index >= 15 is 0 Å². The minimum absolute atomic E-state index is 0.0422. The molecular weight excluding hydrogens is 264 g/mol. The Morgan fingerprint density at radius 1 is 1.50 bits per heavy atom. The predicted octanol–water partition coefficient (Wildman–Crippen LogP) is 1.70. The summed E-state index contributed by atoms with van der Waals surface area (Å²) < 4.78 is 5.19. The Kier molecular flexibility index (Phi) is 6.15. The molecule has 108 valence electrons. The van der Waals surface area contributed by atoms with Crippen LogP contribution >= 0.6 is 0 Å². The molecular formula is C13H16N2O5. The van der Waals surface area contributed by atoms with Crippen LogP contribution in [0.1, 0.15) is 30.1 Å². The standard InChI is InChI=1S/C13H16N2O5/c1-2-3-6-14-13(17)9-20-12-5-4-11(15(18)19)7-10(12)8-16/h4-5,7-8H,2-3,6,9H2,1H3,(H,14,17). The molecule has 1 rings (SSSR count). The van der Waals surface area contributed by atoms with Gasteiger partial charge in [-0.3, -0.25) is 19.7 Å². The van der Waals surface area contributed by atoms with Crippen molar-refractivity contribution in [2.75, 3.05) is 13.2 Å². The Balaban J connectivity index is 2.61. The number of hydrogen-bond donors (Lipinski definition) is 1. The molecule has 7 nitrogen and oxygen atoms in total. The second-order valence-corrected chi connectivity index (χ2v) is 4.09. The Morgan fingerprint density at radius 3 is 2.85 bits per heavy atom. The van der Waals surface area contributed by atoms with Gasteiger partial charge in [-0.05, 0) is 12.5 Å². The van der Waals surface area contributed by atoms with Crippen LogP contribution in [0.15, 0.2) is 18.2 Å². The summed E-state index contributed by atoms with van der Waals surface area (Å²) in [6, 6.07) is 3.63. The summed E-state index contributed by atoms with van der Waals surface area (Å²) in [5, 5.41) is 13.2. The number of aldehydes is 1. The third-order valence-corrected chi connectivity index (χ3v) is 2.54. The minimum atomic E-state index is -0.603. The first-order valence-electron chi connectivity index (χ1n) is 6.21.